The average molecular weight is 368 g/mol. The van der Waals surface area contributed by atoms with Crippen molar-refractivity contribution in [3.63, 3.8) is 0 Å². The number of benzene rings is 1. The van der Waals surface area contributed by atoms with Crippen LogP contribution in [-0.2, 0) is 17.8 Å². The Bertz CT molecular complexity index is 808. The molecule has 1 amide bonds. The van der Waals surface area contributed by atoms with Gasteiger partial charge in [-0.05, 0) is 38.3 Å². The van der Waals surface area contributed by atoms with Crippen LogP contribution in [0.1, 0.15) is 29.0 Å². The SMILES string of the molecule is Cc1ccc2c(c1)CCCN2CC(=O)N1CCN(Cc2cc(C)on2)CC1. The number of carbonyl (C=O) groups is 1. The number of aromatic nitrogens is 1. The van der Waals surface area contributed by atoms with Crippen LogP contribution in [0.15, 0.2) is 28.8 Å². The maximum Gasteiger partial charge on any atom is 0.242 e. The van der Waals surface area contributed by atoms with Gasteiger partial charge in [0.25, 0.3) is 0 Å². The van der Waals surface area contributed by atoms with E-state index < -0.39 is 0 Å². The fourth-order valence-corrected chi connectivity index (χ4v) is 4.11. The topological polar surface area (TPSA) is 52.8 Å². The molecule has 27 heavy (non-hydrogen) atoms. The molecule has 0 unspecified atom stereocenters. The van der Waals surface area contributed by atoms with Gasteiger partial charge in [0.2, 0.25) is 5.91 Å². The number of aryl methyl sites for hydroxylation is 3. The molecule has 1 aromatic carbocycles. The van der Waals surface area contributed by atoms with Crippen molar-refractivity contribution in [2.75, 3.05) is 44.2 Å². The first kappa shape index (κ1) is 18.0. The normalized spacial score (nSPS) is 17.9. The maximum atomic E-state index is 12.8. The number of nitrogens with zero attached hydrogens (tertiary/aromatic N) is 4. The lowest BCUT2D eigenvalue weighted by Crippen LogP contribution is -2.51. The average Bonchev–Trinajstić information content (AvgIpc) is 3.07. The lowest BCUT2D eigenvalue weighted by atomic mass is 9.99. The van der Waals surface area contributed by atoms with Crippen molar-refractivity contribution in [3.05, 3.63) is 46.8 Å². The third kappa shape index (κ3) is 4.16. The predicted molar refractivity (Wildman–Crippen MR) is 105 cm³/mol. The zero-order chi connectivity index (χ0) is 18.8. The van der Waals surface area contributed by atoms with Crippen molar-refractivity contribution in [3.8, 4) is 0 Å². The van der Waals surface area contributed by atoms with E-state index in [4.69, 9.17) is 4.52 Å². The van der Waals surface area contributed by atoms with E-state index >= 15 is 0 Å². The van der Waals surface area contributed by atoms with Crippen LogP contribution in [0.25, 0.3) is 0 Å². The lowest BCUT2D eigenvalue weighted by Gasteiger charge is -2.37. The van der Waals surface area contributed by atoms with Crippen LogP contribution in [0.5, 0.6) is 0 Å². The van der Waals surface area contributed by atoms with E-state index in [0.717, 1.165) is 63.6 Å². The van der Waals surface area contributed by atoms with Crippen molar-refractivity contribution in [2.45, 2.75) is 33.2 Å². The smallest absolute Gasteiger partial charge is 0.242 e. The van der Waals surface area contributed by atoms with Crippen molar-refractivity contribution >= 4 is 11.6 Å². The van der Waals surface area contributed by atoms with Crippen LogP contribution < -0.4 is 4.90 Å². The van der Waals surface area contributed by atoms with E-state index in [1.807, 2.05) is 17.9 Å². The van der Waals surface area contributed by atoms with E-state index in [-0.39, 0.29) is 5.91 Å². The summed E-state index contributed by atoms with van der Waals surface area (Å²) in [4.78, 5) is 19.4. The third-order valence-electron chi connectivity index (χ3n) is 5.56. The fourth-order valence-electron chi connectivity index (χ4n) is 4.11. The zero-order valence-electron chi connectivity index (χ0n) is 16.3. The number of hydrogen-bond acceptors (Lipinski definition) is 5. The van der Waals surface area contributed by atoms with E-state index in [2.05, 4.69) is 40.1 Å². The summed E-state index contributed by atoms with van der Waals surface area (Å²) < 4.78 is 5.14. The molecule has 6 heteroatoms. The Morgan fingerprint density at radius 2 is 1.93 bits per heavy atom. The summed E-state index contributed by atoms with van der Waals surface area (Å²) >= 11 is 0. The zero-order valence-corrected chi connectivity index (χ0v) is 16.3. The molecule has 1 aromatic heterocycles. The number of carbonyl (C=O) groups excluding carboxylic acids is 1. The monoisotopic (exact) mass is 368 g/mol. The number of amides is 1. The Morgan fingerprint density at radius 1 is 1.11 bits per heavy atom. The van der Waals surface area contributed by atoms with Gasteiger partial charge in [-0.15, -0.1) is 0 Å². The fraction of sp³-hybridized carbons (Fsp3) is 0.524. The highest BCUT2D eigenvalue weighted by molar-refractivity contribution is 5.82. The molecule has 1 fully saturated rings. The Balaban J connectivity index is 1.31. The van der Waals surface area contributed by atoms with Gasteiger partial charge in [-0.3, -0.25) is 9.69 Å². The minimum absolute atomic E-state index is 0.236. The molecule has 0 bridgehead atoms. The van der Waals surface area contributed by atoms with Gasteiger partial charge in [0.15, 0.2) is 0 Å². The van der Waals surface area contributed by atoms with Crippen molar-refractivity contribution in [2.24, 2.45) is 0 Å². The van der Waals surface area contributed by atoms with Crippen molar-refractivity contribution < 1.29 is 9.32 Å². The quantitative estimate of drug-likeness (QED) is 0.829. The number of piperazine rings is 1. The molecule has 3 heterocycles. The molecule has 2 aromatic rings. The van der Waals surface area contributed by atoms with Gasteiger partial charge >= 0.3 is 0 Å². The second-order valence-corrected chi connectivity index (χ2v) is 7.74. The molecule has 0 aliphatic carbocycles. The van der Waals surface area contributed by atoms with Crippen LogP contribution in [0, 0.1) is 13.8 Å². The van der Waals surface area contributed by atoms with Gasteiger partial charge in [-0.25, -0.2) is 0 Å². The highest BCUT2D eigenvalue weighted by atomic mass is 16.5. The Hall–Kier alpha value is -2.34. The molecule has 0 spiro atoms. The molecule has 0 N–H and O–H groups in total. The summed E-state index contributed by atoms with van der Waals surface area (Å²) in [6.07, 6.45) is 2.23. The van der Waals surface area contributed by atoms with Crippen molar-refractivity contribution in [1.82, 2.24) is 15.0 Å². The van der Waals surface area contributed by atoms with Crippen LogP contribution in [0.2, 0.25) is 0 Å². The molecule has 0 atom stereocenters. The minimum atomic E-state index is 0.236. The van der Waals surface area contributed by atoms with Gasteiger partial charge < -0.3 is 14.3 Å². The molecule has 144 valence electrons. The second-order valence-electron chi connectivity index (χ2n) is 7.74. The van der Waals surface area contributed by atoms with E-state index in [1.165, 1.54) is 16.8 Å². The molecule has 2 aliphatic rings. The summed E-state index contributed by atoms with van der Waals surface area (Å²) in [7, 11) is 0. The number of fused-ring (bicyclic) bond motifs is 1. The summed E-state index contributed by atoms with van der Waals surface area (Å²) in [5.41, 5.74) is 4.87. The summed E-state index contributed by atoms with van der Waals surface area (Å²) in [6, 6.07) is 8.56. The van der Waals surface area contributed by atoms with Gasteiger partial charge in [-0.2, -0.15) is 0 Å². The van der Waals surface area contributed by atoms with Crippen molar-refractivity contribution in [1.29, 1.82) is 0 Å². The van der Waals surface area contributed by atoms with Gasteiger partial charge in [0.1, 0.15) is 5.76 Å². The summed E-state index contributed by atoms with van der Waals surface area (Å²) in [6.45, 7) is 9.61. The van der Waals surface area contributed by atoms with Crippen LogP contribution in [-0.4, -0.2) is 60.1 Å². The molecule has 0 saturated carbocycles. The van der Waals surface area contributed by atoms with Gasteiger partial charge in [-0.1, -0.05) is 22.9 Å². The molecule has 0 radical (unpaired) electrons. The molecule has 1 saturated heterocycles. The van der Waals surface area contributed by atoms with Crippen LogP contribution in [0.3, 0.4) is 0 Å². The minimum Gasteiger partial charge on any atom is -0.362 e. The van der Waals surface area contributed by atoms with E-state index in [0.29, 0.717) is 6.54 Å². The molecule has 2 aliphatic heterocycles. The van der Waals surface area contributed by atoms with E-state index in [9.17, 15) is 4.79 Å². The largest absolute Gasteiger partial charge is 0.362 e. The molecular weight excluding hydrogens is 340 g/mol. The predicted octanol–water partition coefficient (Wildman–Crippen LogP) is 2.39. The first-order valence-corrected chi connectivity index (χ1v) is 9.85. The van der Waals surface area contributed by atoms with Gasteiger partial charge in [0.05, 0.1) is 12.2 Å². The Morgan fingerprint density at radius 3 is 2.67 bits per heavy atom. The second kappa shape index (κ2) is 7.72. The Kier molecular flexibility index (Phi) is 5.16. The highest BCUT2D eigenvalue weighted by Gasteiger charge is 2.25. The van der Waals surface area contributed by atoms with E-state index in [1.54, 1.807) is 0 Å². The molecular formula is C21H28N4O2. The molecule has 4 rings (SSSR count). The standard InChI is InChI=1S/C21H28N4O2/c1-16-5-6-20-18(12-16)4-3-7-25(20)15-21(26)24-10-8-23(9-11-24)14-19-13-17(2)27-22-19/h5-6,12-13H,3-4,7-11,14-15H2,1-2H3. The maximum absolute atomic E-state index is 12.8. The number of hydrogen-bond donors (Lipinski definition) is 0. The lowest BCUT2D eigenvalue weighted by molar-refractivity contribution is -0.131. The van der Waals surface area contributed by atoms with Crippen LogP contribution in [0.4, 0.5) is 5.69 Å². The molecule has 6 nitrogen and oxygen atoms in total. The first-order valence-electron chi connectivity index (χ1n) is 9.85. The highest BCUT2D eigenvalue weighted by Crippen LogP contribution is 2.27. The van der Waals surface area contributed by atoms with Crippen LogP contribution >= 0.6 is 0 Å². The summed E-state index contributed by atoms with van der Waals surface area (Å²) in [5, 5.41) is 4.06. The van der Waals surface area contributed by atoms with Gasteiger partial charge in [0, 0.05) is 51.0 Å². The first-order chi connectivity index (χ1) is 13.1. The third-order valence-corrected chi connectivity index (χ3v) is 5.56. The Labute approximate surface area is 160 Å². The number of rotatable bonds is 4. The summed E-state index contributed by atoms with van der Waals surface area (Å²) in [5.74, 6) is 1.08. The number of anilines is 1.